The summed E-state index contributed by atoms with van der Waals surface area (Å²) < 4.78 is 16.5. The van der Waals surface area contributed by atoms with Crippen LogP contribution in [0.1, 0.15) is 41.4 Å². The Hall–Kier alpha value is -4.43. The summed E-state index contributed by atoms with van der Waals surface area (Å²) in [6, 6.07) is 15.4. The fraction of sp³-hybridized carbons (Fsp3) is 0.207. The molecule has 0 bridgehead atoms. The number of benzene rings is 2. The van der Waals surface area contributed by atoms with Gasteiger partial charge in [0.05, 0.1) is 18.4 Å². The van der Waals surface area contributed by atoms with E-state index in [2.05, 4.69) is 6.58 Å². The van der Waals surface area contributed by atoms with Gasteiger partial charge in [-0.3, -0.25) is 14.8 Å². The number of esters is 1. The molecule has 1 saturated heterocycles. The number of pyridine rings is 1. The van der Waals surface area contributed by atoms with Crippen molar-refractivity contribution in [3.05, 3.63) is 78.0 Å². The molecular weight excluding hydrogens is 472 g/mol. The molecule has 1 aliphatic heterocycles. The minimum absolute atomic E-state index is 0.144. The van der Waals surface area contributed by atoms with Crippen molar-refractivity contribution in [2.24, 2.45) is 0 Å². The number of aromatic nitrogens is 1. The number of carbonyl (C=O) groups is 2. The lowest BCUT2D eigenvalue weighted by Crippen LogP contribution is -2.22. The van der Waals surface area contributed by atoms with Crippen LogP contribution in [0.25, 0.3) is 34.5 Å². The van der Waals surface area contributed by atoms with Gasteiger partial charge >= 0.3 is 5.97 Å². The van der Waals surface area contributed by atoms with Crippen molar-refractivity contribution in [1.29, 1.82) is 0 Å². The second-order valence-electron chi connectivity index (χ2n) is 8.38. The van der Waals surface area contributed by atoms with E-state index >= 15 is 0 Å². The van der Waals surface area contributed by atoms with Crippen LogP contribution < -0.4 is 15.0 Å². The summed E-state index contributed by atoms with van der Waals surface area (Å²) in [5.74, 6) is 0.0386. The van der Waals surface area contributed by atoms with Crippen LogP contribution >= 0.6 is 0 Å². The van der Waals surface area contributed by atoms with Crippen LogP contribution in [0.4, 0.5) is 0 Å². The molecule has 1 unspecified atom stereocenters. The molecule has 190 valence electrons. The summed E-state index contributed by atoms with van der Waals surface area (Å²) in [7, 11) is 1.45. The van der Waals surface area contributed by atoms with Crippen LogP contribution in [0.3, 0.4) is 0 Å². The maximum Gasteiger partial charge on any atom is 0.306 e. The van der Waals surface area contributed by atoms with Gasteiger partial charge in [-0.1, -0.05) is 55.1 Å². The number of methoxy groups -OCH3 is 1. The third-order valence-corrected chi connectivity index (χ3v) is 6.03. The van der Waals surface area contributed by atoms with E-state index in [0.29, 0.717) is 42.1 Å². The lowest BCUT2D eigenvalue weighted by atomic mass is 9.97. The number of carbonyl (C=O) groups excluding carboxylic acids is 2. The smallest absolute Gasteiger partial charge is 0.306 e. The average molecular weight is 501 g/mol. The number of amides is 1. The normalized spacial score (nSPS) is 14.9. The van der Waals surface area contributed by atoms with E-state index in [1.165, 1.54) is 13.2 Å². The van der Waals surface area contributed by atoms with Gasteiger partial charge in [-0.05, 0) is 42.7 Å². The average Bonchev–Trinajstić information content (AvgIpc) is 3.36. The van der Waals surface area contributed by atoms with Gasteiger partial charge in [0.2, 0.25) is 0 Å². The van der Waals surface area contributed by atoms with Crippen LogP contribution in [-0.4, -0.2) is 41.9 Å². The number of ether oxygens (including phenoxy) is 3. The third-order valence-electron chi connectivity index (χ3n) is 6.03. The number of hydroxylamine groups is 1. The highest BCUT2D eigenvalue weighted by atomic mass is 16.6. The van der Waals surface area contributed by atoms with Gasteiger partial charge in [-0.25, -0.2) is 10.5 Å². The van der Waals surface area contributed by atoms with Crippen molar-refractivity contribution in [1.82, 2.24) is 10.5 Å². The van der Waals surface area contributed by atoms with Gasteiger partial charge in [0, 0.05) is 17.5 Å². The van der Waals surface area contributed by atoms with Crippen molar-refractivity contribution in [2.75, 3.05) is 13.7 Å². The molecule has 0 radical (unpaired) electrons. The van der Waals surface area contributed by atoms with Crippen LogP contribution in [-0.2, 0) is 9.53 Å². The van der Waals surface area contributed by atoms with E-state index in [4.69, 9.17) is 19.2 Å². The zero-order valence-electron chi connectivity index (χ0n) is 20.7. The molecule has 1 amide bonds. The number of hydrogen-bond acceptors (Lipinski definition) is 7. The van der Waals surface area contributed by atoms with Crippen LogP contribution in [0.5, 0.6) is 11.5 Å². The molecule has 0 saturated carbocycles. The summed E-state index contributed by atoms with van der Waals surface area (Å²) in [6.07, 6.45) is 6.02. The molecule has 3 aromatic rings. The highest BCUT2D eigenvalue weighted by Crippen LogP contribution is 2.37. The zero-order valence-corrected chi connectivity index (χ0v) is 20.7. The molecule has 0 aliphatic carbocycles. The number of cyclic esters (lactones) is 1. The molecule has 4 rings (SSSR count). The lowest BCUT2D eigenvalue weighted by molar-refractivity contribution is -0.142. The molecule has 1 aromatic heterocycles. The molecule has 1 aliphatic rings. The Morgan fingerprint density at radius 2 is 1.81 bits per heavy atom. The molecule has 2 aromatic carbocycles. The first-order chi connectivity index (χ1) is 18.0. The summed E-state index contributed by atoms with van der Waals surface area (Å²) in [4.78, 5) is 28.5. The number of nitrogens with zero attached hydrogens (tertiary/aromatic N) is 1. The Morgan fingerprint density at radius 1 is 1.16 bits per heavy atom. The minimum atomic E-state index is -0.717. The van der Waals surface area contributed by atoms with Crippen molar-refractivity contribution < 1.29 is 29.0 Å². The molecule has 8 heteroatoms. The van der Waals surface area contributed by atoms with E-state index in [-0.39, 0.29) is 23.4 Å². The number of rotatable bonds is 9. The van der Waals surface area contributed by atoms with Gasteiger partial charge in [-0.15, -0.1) is 0 Å². The first-order valence-electron chi connectivity index (χ1n) is 11.8. The van der Waals surface area contributed by atoms with Gasteiger partial charge in [0.1, 0.15) is 24.2 Å². The number of hydrogen-bond donors (Lipinski definition) is 2. The third kappa shape index (κ3) is 5.54. The van der Waals surface area contributed by atoms with Gasteiger partial charge in [0.15, 0.2) is 5.75 Å². The van der Waals surface area contributed by atoms with Crippen molar-refractivity contribution in [3.8, 4) is 33.9 Å². The standard InChI is InChI=1S/C29H28N2O6/c1-4-6-24-23(5-2)26(29(33)31-34)28(35-3)27(30-24)20-9-7-18(8-10-20)19-11-13-21(14-12-19)36-17-22-15-16-25(32)37-22/h4-14,22,34H,2,15-17H2,1,3H3,(H,31,33)/b6-4-. The topological polar surface area (TPSA) is 107 Å². The van der Waals surface area contributed by atoms with Crippen LogP contribution in [0, 0.1) is 0 Å². The summed E-state index contributed by atoms with van der Waals surface area (Å²) in [5, 5.41) is 9.34. The summed E-state index contributed by atoms with van der Waals surface area (Å²) in [5.41, 5.74) is 5.98. The van der Waals surface area contributed by atoms with Crippen molar-refractivity contribution >= 4 is 24.0 Å². The second-order valence-corrected chi connectivity index (χ2v) is 8.38. The quantitative estimate of drug-likeness (QED) is 0.233. The lowest BCUT2D eigenvalue weighted by Gasteiger charge is -2.17. The predicted molar refractivity (Wildman–Crippen MR) is 140 cm³/mol. The fourth-order valence-corrected chi connectivity index (χ4v) is 4.22. The molecule has 1 atom stereocenters. The molecule has 0 spiro atoms. The molecule has 37 heavy (non-hydrogen) atoms. The maximum atomic E-state index is 12.5. The Morgan fingerprint density at radius 3 is 2.35 bits per heavy atom. The number of allylic oxidation sites excluding steroid dienone is 1. The maximum absolute atomic E-state index is 12.5. The highest BCUT2D eigenvalue weighted by molar-refractivity contribution is 6.02. The highest BCUT2D eigenvalue weighted by Gasteiger charge is 2.25. The van der Waals surface area contributed by atoms with Crippen molar-refractivity contribution in [2.45, 2.75) is 25.9 Å². The van der Waals surface area contributed by atoms with Gasteiger partial charge < -0.3 is 14.2 Å². The Balaban J connectivity index is 1.61. The van der Waals surface area contributed by atoms with E-state index in [1.807, 2.05) is 61.5 Å². The molecule has 2 heterocycles. The molecular formula is C29H28N2O6. The monoisotopic (exact) mass is 500 g/mol. The molecule has 1 fully saturated rings. The minimum Gasteiger partial charge on any atom is -0.494 e. The van der Waals surface area contributed by atoms with E-state index < -0.39 is 5.91 Å². The fourth-order valence-electron chi connectivity index (χ4n) is 4.22. The molecule has 2 N–H and O–H groups in total. The van der Waals surface area contributed by atoms with E-state index in [9.17, 15) is 14.8 Å². The Labute approximate surface area is 215 Å². The Kier molecular flexibility index (Phi) is 8.00. The summed E-state index contributed by atoms with van der Waals surface area (Å²) >= 11 is 0. The van der Waals surface area contributed by atoms with Crippen LogP contribution in [0.15, 0.2) is 61.2 Å². The molecule has 8 nitrogen and oxygen atoms in total. The largest absolute Gasteiger partial charge is 0.494 e. The van der Waals surface area contributed by atoms with Crippen LogP contribution in [0.2, 0.25) is 0 Å². The first-order valence-corrected chi connectivity index (χ1v) is 11.8. The first kappa shape index (κ1) is 25.7. The number of nitrogens with one attached hydrogen (secondary N) is 1. The van der Waals surface area contributed by atoms with Crippen molar-refractivity contribution in [3.63, 3.8) is 0 Å². The van der Waals surface area contributed by atoms with E-state index in [1.54, 1.807) is 11.6 Å². The summed E-state index contributed by atoms with van der Waals surface area (Å²) in [6.45, 7) is 5.98. The SMILES string of the molecule is C=Cc1c(/C=C\C)nc(-c2ccc(-c3ccc(OCC4CCC(=O)O4)cc3)cc2)c(OC)c1C(=O)NO. The van der Waals surface area contributed by atoms with Gasteiger partial charge in [-0.2, -0.15) is 0 Å². The van der Waals surface area contributed by atoms with Gasteiger partial charge in [0.25, 0.3) is 5.91 Å². The van der Waals surface area contributed by atoms with E-state index in [0.717, 1.165) is 16.7 Å². The second kappa shape index (κ2) is 11.5. The predicted octanol–water partition coefficient (Wildman–Crippen LogP) is 5.30. The zero-order chi connectivity index (χ0) is 26.4. The Bertz CT molecular complexity index is 1330.